The van der Waals surface area contributed by atoms with E-state index in [1.807, 2.05) is 6.07 Å². The van der Waals surface area contributed by atoms with E-state index in [-0.39, 0.29) is 11.9 Å². The predicted octanol–water partition coefficient (Wildman–Crippen LogP) is 0.971. The van der Waals surface area contributed by atoms with Gasteiger partial charge < -0.3 is 10.5 Å². The summed E-state index contributed by atoms with van der Waals surface area (Å²) in [5.41, 5.74) is 10.8. The molecule has 100 valence electrons. The molecule has 1 atom stereocenters. The first kappa shape index (κ1) is 13.4. The molecule has 0 amide bonds. The summed E-state index contributed by atoms with van der Waals surface area (Å²) in [5.74, 6) is -0.180. The topological polar surface area (TPSA) is 50.5 Å². The summed E-state index contributed by atoms with van der Waals surface area (Å²) in [4.78, 5) is 0. The lowest BCUT2D eigenvalue weighted by atomic mass is 10.0. The van der Waals surface area contributed by atoms with Crippen molar-refractivity contribution in [1.82, 2.24) is 10.4 Å². The molecule has 18 heavy (non-hydrogen) atoms. The van der Waals surface area contributed by atoms with Crippen molar-refractivity contribution in [2.75, 3.05) is 32.8 Å². The molecule has 3 N–H and O–H groups in total. The van der Waals surface area contributed by atoms with Gasteiger partial charge in [-0.05, 0) is 24.1 Å². The molecule has 4 nitrogen and oxygen atoms in total. The number of ether oxygens (including phenoxy) is 1. The van der Waals surface area contributed by atoms with E-state index in [1.165, 1.54) is 6.07 Å². The fourth-order valence-corrected chi connectivity index (χ4v) is 2.06. The Morgan fingerprint density at radius 2 is 2.17 bits per heavy atom. The number of aryl methyl sites for hydroxylation is 1. The van der Waals surface area contributed by atoms with Crippen molar-refractivity contribution in [2.45, 2.75) is 13.0 Å². The number of morpholine rings is 1. The summed E-state index contributed by atoms with van der Waals surface area (Å²) in [6.45, 7) is 5.39. The Balaban J connectivity index is 2.04. The van der Waals surface area contributed by atoms with Gasteiger partial charge in [0, 0.05) is 19.6 Å². The Morgan fingerprint density at radius 1 is 1.44 bits per heavy atom. The Hall–Kier alpha value is -1.01. The molecule has 5 heteroatoms. The molecular weight excluding hydrogens is 233 g/mol. The first-order valence-corrected chi connectivity index (χ1v) is 6.25. The lowest BCUT2D eigenvalue weighted by Crippen LogP contribution is -2.48. The van der Waals surface area contributed by atoms with Gasteiger partial charge in [0.15, 0.2) is 0 Å². The van der Waals surface area contributed by atoms with Crippen molar-refractivity contribution in [3.05, 3.63) is 35.1 Å². The monoisotopic (exact) mass is 253 g/mol. The van der Waals surface area contributed by atoms with E-state index in [2.05, 4.69) is 10.4 Å². The van der Waals surface area contributed by atoms with Gasteiger partial charge in [-0.3, -0.25) is 0 Å². The zero-order valence-electron chi connectivity index (χ0n) is 10.7. The van der Waals surface area contributed by atoms with E-state index >= 15 is 0 Å². The third kappa shape index (κ3) is 3.26. The van der Waals surface area contributed by atoms with Gasteiger partial charge in [-0.25, -0.2) is 14.8 Å². The minimum Gasteiger partial charge on any atom is -0.379 e. The summed E-state index contributed by atoms with van der Waals surface area (Å²) >= 11 is 0. The van der Waals surface area contributed by atoms with Crippen molar-refractivity contribution in [2.24, 2.45) is 5.73 Å². The number of nitrogens with zero attached hydrogens (tertiary/aromatic N) is 1. The van der Waals surface area contributed by atoms with Gasteiger partial charge in [0.25, 0.3) is 0 Å². The van der Waals surface area contributed by atoms with E-state index in [1.54, 1.807) is 13.0 Å². The molecule has 0 aromatic heterocycles. The number of rotatable bonds is 4. The van der Waals surface area contributed by atoms with E-state index in [0.717, 1.165) is 31.9 Å². The van der Waals surface area contributed by atoms with Crippen LogP contribution in [0.15, 0.2) is 18.2 Å². The first-order valence-electron chi connectivity index (χ1n) is 6.25. The summed E-state index contributed by atoms with van der Waals surface area (Å²) in [7, 11) is 0. The highest BCUT2D eigenvalue weighted by molar-refractivity contribution is 5.26. The largest absolute Gasteiger partial charge is 0.379 e. The van der Waals surface area contributed by atoms with Crippen LogP contribution < -0.4 is 11.2 Å². The second-order valence-corrected chi connectivity index (χ2v) is 4.53. The average Bonchev–Trinajstić information content (AvgIpc) is 2.40. The van der Waals surface area contributed by atoms with Crippen LogP contribution in [-0.2, 0) is 4.74 Å². The average molecular weight is 253 g/mol. The van der Waals surface area contributed by atoms with Crippen molar-refractivity contribution in [3.63, 3.8) is 0 Å². The third-order valence-corrected chi connectivity index (χ3v) is 3.17. The molecule has 1 heterocycles. The Kier molecular flexibility index (Phi) is 4.66. The minimum atomic E-state index is -0.180. The maximum Gasteiger partial charge on any atom is 0.126 e. The molecule has 1 saturated heterocycles. The fraction of sp³-hybridized carbons (Fsp3) is 0.538. The SMILES string of the molecule is Cc1cc(C(CN)NN2CCOCC2)ccc1F. The van der Waals surface area contributed by atoms with Crippen LogP contribution in [0.3, 0.4) is 0 Å². The van der Waals surface area contributed by atoms with Gasteiger partial charge in [0.05, 0.1) is 19.3 Å². The van der Waals surface area contributed by atoms with Gasteiger partial charge in [-0.2, -0.15) is 0 Å². The predicted molar refractivity (Wildman–Crippen MR) is 68.5 cm³/mol. The normalized spacial score (nSPS) is 18.8. The number of hydrogen-bond acceptors (Lipinski definition) is 4. The molecule has 0 spiro atoms. The van der Waals surface area contributed by atoms with E-state index in [9.17, 15) is 4.39 Å². The second kappa shape index (κ2) is 6.24. The highest BCUT2D eigenvalue weighted by Crippen LogP contribution is 2.16. The number of halogens is 1. The highest BCUT2D eigenvalue weighted by atomic mass is 19.1. The number of hydrogen-bond donors (Lipinski definition) is 2. The summed E-state index contributed by atoms with van der Waals surface area (Å²) in [5, 5.41) is 2.11. The number of hydrazine groups is 1. The molecule has 1 fully saturated rings. The van der Waals surface area contributed by atoms with Crippen molar-refractivity contribution >= 4 is 0 Å². The maximum absolute atomic E-state index is 13.2. The zero-order valence-corrected chi connectivity index (χ0v) is 10.7. The molecular formula is C13H20FN3O. The molecule has 2 rings (SSSR count). The standard InChI is InChI=1S/C13H20FN3O/c1-10-8-11(2-3-12(10)14)13(9-15)16-17-4-6-18-7-5-17/h2-3,8,13,16H,4-7,9,15H2,1H3. The maximum atomic E-state index is 13.2. The van der Waals surface area contributed by atoms with Gasteiger partial charge in [-0.15, -0.1) is 0 Å². The first-order chi connectivity index (χ1) is 8.70. The van der Waals surface area contributed by atoms with Crippen LogP contribution in [0.5, 0.6) is 0 Å². The van der Waals surface area contributed by atoms with Gasteiger partial charge in [0.1, 0.15) is 5.82 Å². The van der Waals surface area contributed by atoms with Crippen molar-refractivity contribution in [1.29, 1.82) is 0 Å². The lowest BCUT2D eigenvalue weighted by Gasteiger charge is -2.31. The molecule has 1 aliphatic heterocycles. The van der Waals surface area contributed by atoms with Gasteiger partial charge in [0.2, 0.25) is 0 Å². The van der Waals surface area contributed by atoms with E-state index in [0.29, 0.717) is 12.1 Å². The number of benzene rings is 1. The second-order valence-electron chi connectivity index (χ2n) is 4.53. The smallest absolute Gasteiger partial charge is 0.126 e. The Labute approximate surface area is 107 Å². The van der Waals surface area contributed by atoms with Gasteiger partial charge in [-0.1, -0.05) is 12.1 Å². The molecule has 1 aliphatic rings. The summed E-state index contributed by atoms with van der Waals surface area (Å²) in [6, 6.07) is 5.14. The quantitative estimate of drug-likeness (QED) is 0.839. The van der Waals surface area contributed by atoms with Crippen LogP contribution in [0.2, 0.25) is 0 Å². The van der Waals surface area contributed by atoms with Crippen molar-refractivity contribution in [3.8, 4) is 0 Å². The van der Waals surface area contributed by atoms with Crippen LogP contribution in [-0.4, -0.2) is 37.9 Å². The molecule has 0 aliphatic carbocycles. The van der Waals surface area contributed by atoms with Crippen LogP contribution in [0.1, 0.15) is 17.2 Å². The van der Waals surface area contributed by atoms with Crippen LogP contribution >= 0.6 is 0 Å². The minimum absolute atomic E-state index is 0.0161. The summed E-state index contributed by atoms with van der Waals surface area (Å²) in [6.07, 6.45) is 0. The molecule has 0 bridgehead atoms. The lowest BCUT2D eigenvalue weighted by molar-refractivity contribution is 0.00404. The third-order valence-electron chi connectivity index (χ3n) is 3.17. The summed E-state index contributed by atoms with van der Waals surface area (Å²) < 4.78 is 18.5. The van der Waals surface area contributed by atoms with E-state index in [4.69, 9.17) is 10.5 Å². The van der Waals surface area contributed by atoms with Crippen LogP contribution in [0, 0.1) is 12.7 Å². The Morgan fingerprint density at radius 3 is 2.78 bits per heavy atom. The van der Waals surface area contributed by atoms with Gasteiger partial charge >= 0.3 is 0 Å². The Bertz CT molecular complexity index is 394. The molecule has 0 saturated carbocycles. The molecule has 1 unspecified atom stereocenters. The number of nitrogens with one attached hydrogen (secondary N) is 1. The molecule has 1 aromatic carbocycles. The highest BCUT2D eigenvalue weighted by Gasteiger charge is 2.16. The molecule has 1 aromatic rings. The van der Waals surface area contributed by atoms with Crippen LogP contribution in [0.4, 0.5) is 4.39 Å². The van der Waals surface area contributed by atoms with Crippen LogP contribution in [0.25, 0.3) is 0 Å². The van der Waals surface area contributed by atoms with Crippen molar-refractivity contribution < 1.29 is 9.13 Å². The fourth-order valence-electron chi connectivity index (χ4n) is 2.06. The number of nitrogens with two attached hydrogens (primary N) is 1. The molecule has 0 radical (unpaired) electrons. The zero-order chi connectivity index (χ0) is 13.0. The van der Waals surface area contributed by atoms with E-state index < -0.39 is 0 Å².